The van der Waals surface area contributed by atoms with Crippen LogP contribution in [0.3, 0.4) is 0 Å². The predicted octanol–water partition coefficient (Wildman–Crippen LogP) is 3.41. The molecule has 10 heteroatoms. The lowest BCUT2D eigenvalue weighted by Crippen LogP contribution is -2.47. The van der Waals surface area contributed by atoms with E-state index in [0.717, 1.165) is 37.1 Å². The number of carbonyl (C=O) groups excluding carboxylic acids is 2. The highest BCUT2D eigenvalue weighted by atomic mass is 35.5. The lowest BCUT2D eigenvalue weighted by Gasteiger charge is -2.25. The zero-order valence-corrected chi connectivity index (χ0v) is 17.3. The minimum atomic E-state index is -4.60. The predicted molar refractivity (Wildman–Crippen MR) is 111 cm³/mol. The molecular formula is C21H22ClF3N4O2. The zero-order chi connectivity index (χ0) is 22.6. The van der Waals surface area contributed by atoms with E-state index in [9.17, 15) is 22.8 Å². The van der Waals surface area contributed by atoms with Gasteiger partial charge >= 0.3 is 6.18 Å². The van der Waals surface area contributed by atoms with Crippen LogP contribution >= 0.6 is 11.6 Å². The third-order valence-electron chi connectivity index (χ3n) is 5.02. The van der Waals surface area contributed by atoms with Gasteiger partial charge in [-0.15, -0.1) is 0 Å². The van der Waals surface area contributed by atoms with E-state index in [1.807, 2.05) is 12.1 Å². The number of benzene rings is 2. The summed E-state index contributed by atoms with van der Waals surface area (Å²) >= 11 is 5.90. The largest absolute Gasteiger partial charge is 0.416 e. The summed E-state index contributed by atoms with van der Waals surface area (Å²) in [6, 6.07) is 9.93. The molecule has 0 bridgehead atoms. The van der Waals surface area contributed by atoms with Crippen molar-refractivity contribution < 1.29 is 22.8 Å². The van der Waals surface area contributed by atoms with Gasteiger partial charge in [0.05, 0.1) is 23.8 Å². The summed E-state index contributed by atoms with van der Waals surface area (Å²) in [7, 11) is 0. The first-order valence-corrected chi connectivity index (χ1v) is 10.0. The normalized spacial score (nSPS) is 16.8. The summed E-state index contributed by atoms with van der Waals surface area (Å²) in [4.78, 5) is 26.7. The first-order valence-electron chi connectivity index (χ1n) is 9.66. The number of nitrogens with zero attached hydrogens (tertiary/aromatic N) is 1. The number of alkyl halides is 3. The average Bonchev–Trinajstić information content (AvgIpc) is 3.13. The molecule has 2 aromatic carbocycles. The molecule has 6 nitrogen and oxygen atoms in total. The van der Waals surface area contributed by atoms with E-state index >= 15 is 0 Å². The number of carbonyl (C=O) groups is 2. The van der Waals surface area contributed by atoms with Crippen LogP contribution in [-0.2, 0) is 17.5 Å². The molecule has 0 spiro atoms. The van der Waals surface area contributed by atoms with Crippen LogP contribution in [0.1, 0.15) is 34.3 Å². The quantitative estimate of drug-likeness (QED) is 0.584. The molecule has 0 radical (unpaired) electrons. The van der Waals surface area contributed by atoms with Gasteiger partial charge in [0, 0.05) is 23.8 Å². The molecule has 1 aliphatic rings. The maximum Gasteiger partial charge on any atom is 0.416 e. The van der Waals surface area contributed by atoms with Crippen molar-refractivity contribution >= 4 is 29.1 Å². The summed E-state index contributed by atoms with van der Waals surface area (Å²) in [6.45, 7) is 1.07. The van der Waals surface area contributed by atoms with Crippen molar-refractivity contribution in [3.8, 4) is 0 Å². The maximum atomic E-state index is 12.9. The molecule has 1 atom stereocenters. The minimum Gasteiger partial charge on any atom is -0.398 e. The molecular weight excluding hydrogens is 433 g/mol. The lowest BCUT2D eigenvalue weighted by atomic mass is 10.1. The minimum absolute atomic E-state index is 0.101. The highest BCUT2D eigenvalue weighted by Gasteiger charge is 2.32. The number of nitrogens with two attached hydrogens (primary N) is 1. The van der Waals surface area contributed by atoms with Crippen LogP contribution in [0.4, 0.5) is 18.9 Å². The number of rotatable bonds is 6. The molecule has 31 heavy (non-hydrogen) atoms. The third kappa shape index (κ3) is 6.11. The van der Waals surface area contributed by atoms with Gasteiger partial charge in [-0.3, -0.25) is 14.5 Å². The number of hydrogen-bond acceptors (Lipinski definition) is 4. The van der Waals surface area contributed by atoms with E-state index in [1.54, 1.807) is 12.1 Å². The molecule has 2 amide bonds. The Hall–Kier alpha value is -2.78. The van der Waals surface area contributed by atoms with Gasteiger partial charge in [0.15, 0.2) is 0 Å². The van der Waals surface area contributed by atoms with Gasteiger partial charge in [0.25, 0.3) is 5.91 Å². The van der Waals surface area contributed by atoms with E-state index in [4.69, 9.17) is 17.3 Å². The number of hydrogen-bond donors (Lipinski definition) is 3. The number of nitrogen functional groups attached to an aromatic ring is 1. The Morgan fingerprint density at radius 3 is 2.55 bits per heavy atom. The summed E-state index contributed by atoms with van der Waals surface area (Å²) in [5, 5.41) is 5.83. The lowest BCUT2D eigenvalue weighted by molar-refractivity contribution is -0.137. The number of halogens is 4. The third-order valence-corrected chi connectivity index (χ3v) is 5.28. The fourth-order valence-corrected chi connectivity index (χ4v) is 3.55. The molecule has 1 unspecified atom stereocenters. The topological polar surface area (TPSA) is 87.5 Å². The highest BCUT2D eigenvalue weighted by molar-refractivity contribution is 6.30. The molecule has 166 valence electrons. The molecule has 1 heterocycles. The Morgan fingerprint density at radius 1 is 1.16 bits per heavy atom. The number of nitrogens with one attached hydrogen (secondary N) is 2. The summed E-state index contributed by atoms with van der Waals surface area (Å²) < 4.78 is 38.6. The van der Waals surface area contributed by atoms with Crippen LogP contribution in [0.2, 0.25) is 5.02 Å². The van der Waals surface area contributed by atoms with Crippen molar-refractivity contribution in [1.82, 2.24) is 15.5 Å². The van der Waals surface area contributed by atoms with Crippen LogP contribution in [-0.4, -0.2) is 36.0 Å². The van der Waals surface area contributed by atoms with Crippen molar-refractivity contribution in [2.45, 2.75) is 31.7 Å². The summed E-state index contributed by atoms with van der Waals surface area (Å²) in [5.41, 5.74) is 5.27. The second-order valence-electron chi connectivity index (χ2n) is 7.30. The Bertz CT molecular complexity index is 951. The van der Waals surface area contributed by atoms with E-state index in [0.29, 0.717) is 17.6 Å². The van der Waals surface area contributed by atoms with E-state index in [1.165, 1.54) is 0 Å². The van der Waals surface area contributed by atoms with Crippen LogP contribution in [0.5, 0.6) is 0 Å². The van der Waals surface area contributed by atoms with Crippen molar-refractivity contribution in [3.05, 3.63) is 64.2 Å². The molecule has 0 aliphatic carbocycles. The number of anilines is 1. The molecule has 1 fully saturated rings. The summed E-state index contributed by atoms with van der Waals surface area (Å²) in [5.74, 6) is -1.28. The zero-order valence-electron chi connectivity index (χ0n) is 16.5. The number of amides is 2. The van der Waals surface area contributed by atoms with Crippen LogP contribution in [0.15, 0.2) is 42.5 Å². The first kappa shape index (κ1) is 22.9. The Labute approximate surface area is 182 Å². The standard InChI is InChI=1S/C21H22ClF3N4O2/c22-15-6-3-13(4-7-15)12-29-9-1-2-18(29)28-19(30)11-27-20(31)16-10-14(21(23,24)25)5-8-17(16)26/h3-8,10,18H,1-2,9,11-12,26H2,(H,27,31)(H,28,30). The highest BCUT2D eigenvalue weighted by Crippen LogP contribution is 2.31. The monoisotopic (exact) mass is 454 g/mol. The van der Waals surface area contributed by atoms with Crippen molar-refractivity contribution in [3.63, 3.8) is 0 Å². The van der Waals surface area contributed by atoms with Gasteiger partial charge in [-0.2, -0.15) is 13.2 Å². The number of likely N-dealkylation sites (tertiary alicyclic amines) is 1. The van der Waals surface area contributed by atoms with Gasteiger partial charge in [-0.1, -0.05) is 23.7 Å². The SMILES string of the molecule is Nc1ccc(C(F)(F)F)cc1C(=O)NCC(=O)NC1CCCN1Cc1ccc(Cl)cc1. The van der Waals surface area contributed by atoms with E-state index in [2.05, 4.69) is 15.5 Å². The van der Waals surface area contributed by atoms with Crippen molar-refractivity contribution in [2.24, 2.45) is 0 Å². The van der Waals surface area contributed by atoms with Crippen molar-refractivity contribution in [2.75, 3.05) is 18.8 Å². The molecule has 4 N–H and O–H groups in total. The molecule has 0 aromatic heterocycles. The Kier molecular flexibility index (Phi) is 7.07. The summed E-state index contributed by atoms with van der Waals surface area (Å²) in [6.07, 6.45) is -3.13. The molecule has 0 saturated carbocycles. The molecule has 1 saturated heterocycles. The van der Waals surface area contributed by atoms with E-state index < -0.39 is 23.6 Å². The fourth-order valence-electron chi connectivity index (χ4n) is 3.43. The van der Waals surface area contributed by atoms with Gasteiger partial charge in [0.2, 0.25) is 5.91 Å². The van der Waals surface area contributed by atoms with Crippen LogP contribution in [0.25, 0.3) is 0 Å². The second-order valence-corrected chi connectivity index (χ2v) is 7.74. The first-order chi connectivity index (χ1) is 14.6. The van der Waals surface area contributed by atoms with Gasteiger partial charge in [0.1, 0.15) is 0 Å². The second kappa shape index (κ2) is 9.57. The molecule has 2 aromatic rings. The van der Waals surface area contributed by atoms with Crippen molar-refractivity contribution in [1.29, 1.82) is 0 Å². The Morgan fingerprint density at radius 2 is 1.87 bits per heavy atom. The fraction of sp³-hybridized carbons (Fsp3) is 0.333. The average molecular weight is 455 g/mol. The molecule has 1 aliphatic heterocycles. The smallest absolute Gasteiger partial charge is 0.398 e. The van der Waals surface area contributed by atoms with Gasteiger partial charge in [-0.25, -0.2) is 0 Å². The molecule has 3 rings (SSSR count). The van der Waals surface area contributed by atoms with Gasteiger partial charge < -0.3 is 16.4 Å². The van der Waals surface area contributed by atoms with Crippen LogP contribution < -0.4 is 16.4 Å². The van der Waals surface area contributed by atoms with E-state index in [-0.39, 0.29) is 24.0 Å². The maximum absolute atomic E-state index is 12.9. The Balaban J connectivity index is 1.55. The van der Waals surface area contributed by atoms with Gasteiger partial charge in [-0.05, 0) is 48.7 Å². The van der Waals surface area contributed by atoms with Crippen LogP contribution in [0, 0.1) is 0 Å².